The third-order valence-electron chi connectivity index (χ3n) is 10.9. The number of aromatic hydroxyl groups is 2. The van der Waals surface area contributed by atoms with Crippen LogP contribution in [-0.4, -0.2) is 88.5 Å². The number of nitrogens with one attached hydrogen (secondary N) is 1. The fourth-order valence-corrected chi connectivity index (χ4v) is 7.48. The van der Waals surface area contributed by atoms with E-state index in [2.05, 4.69) is 18.5 Å². The van der Waals surface area contributed by atoms with Crippen molar-refractivity contribution >= 4 is 39.8 Å². The topological polar surface area (TPSA) is 184 Å². The van der Waals surface area contributed by atoms with Gasteiger partial charge >= 0.3 is 11.8 Å². The van der Waals surface area contributed by atoms with Gasteiger partial charge in [0, 0.05) is 79.9 Å². The lowest BCUT2D eigenvalue weighted by atomic mass is 9.78. The van der Waals surface area contributed by atoms with Crippen LogP contribution in [-0.2, 0) is 23.8 Å². The predicted octanol–water partition coefficient (Wildman–Crippen LogP) is 6.23. The Morgan fingerprint density at radius 3 is 2.21 bits per heavy atom. The Hall–Kier alpha value is -5.11. The van der Waals surface area contributed by atoms with Gasteiger partial charge in [0.2, 0.25) is 0 Å². The van der Waals surface area contributed by atoms with Crippen molar-refractivity contribution in [3.8, 4) is 17.2 Å². The van der Waals surface area contributed by atoms with E-state index in [-0.39, 0.29) is 57.7 Å². The highest BCUT2D eigenvalue weighted by molar-refractivity contribution is 6.23. The number of carbonyl (C=O) groups is 3. The maximum absolute atomic E-state index is 14.5. The number of aliphatic hydroxyl groups excluding tert-OH is 2. The molecule has 0 spiro atoms. The normalized spacial score (nSPS) is 30.7. The zero-order valence-corrected chi connectivity index (χ0v) is 33.7. The molecule has 304 valence electrons. The van der Waals surface area contributed by atoms with Gasteiger partial charge in [-0.3, -0.25) is 14.4 Å². The second-order valence-corrected chi connectivity index (χ2v) is 14.9. The van der Waals surface area contributed by atoms with Crippen LogP contribution < -0.4 is 15.0 Å². The van der Waals surface area contributed by atoms with Gasteiger partial charge in [-0.15, -0.1) is 13.2 Å². The van der Waals surface area contributed by atoms with Gasteiger partial charge in [-0.05, 0) is 26.0 Å². The molecule has 0 saturated carbocycles. The molecule has 3 heterocycles. The molecule has 0 aromatic heterocycles. The summed E-state index contributed by atoms with van der Waals surface area (Å²) < 4.78 is 23.8. The number of allylic oxidation sites excluding steroid dienone is 2. The van der Waals surface area contributed by atoms with Gasteiger partial charge in [0.1, 0.15) is 17.6 Å². The average molecular weight is 777 g/mol. The molecule has 2 aromatic rings. The highest BCUT2D eigenvalue weighted by Gasteiger charge is 2.49. The van der Waals surface area contributed by atoms with Gasteiger partial charge < -0.3 is 49.6 Å². The number of hydrogen-bond acceptors (Lipinski definition) is 12. The van der Waals surface area contributed by atoms with Crippen LogP contribution in [0.1, 0.15) is 64.4 Å². The quantitative estimate of drug-likeness (QED) is 0.122. The third-order valence-corrected chi connectivity index (χ3v) is 10.9. The van der Waals surface area contributed by atoms with Crippen molar-refractivity contribution in [2.24, 2.45) is 23.7 Å². The van der Waals surface area contributed by atoms with Crippen LogP contribution in [0.2, 0.25) is 0 Å². The number of phenols is 2. The summed E-state index contributed by atoms with van der Waals surface area (Å²) in [7, 11) is 1.46. The Balaban J connectivity index is 1.98. The Morgan fingerprint density at radius 1 is 0.982 bits per heavy atom. The molecule has 13 heteroatoms. The lowest BCUT2D eigenvalue weighted by Gasteiger charge is -2.38. The van der Waals surface area contributed by atoms with Crippen molar-refractivity contribution in [1.29, 1.82) is 0 Å². The molecule has 1 amide bonds. The molecule has 0 radical (unpaired) electrons. The molecule has 5 bridgehead atoms. The number of Topliss-reactive ketones (excluding diaryl/α,β-unsaturated/α-hetero) is 1. The summed E-state index contributed by atoms with van der Waals surface area (Å²) in [6.45, 7) is 21.1. The largest absolute Gasteiger partial charge is 0.507 e. The number of amides is 1. The van der Waals surface area contributed by atoms with Crippen molar-refractivity contribution in [2.75, 3.05) is 30.4 Å². The third kappa shape index (κ3) is 8.49. The van der Waals surface area contributed by atoms with Crippen LogP contribution in [0.4, 0.5) is 11.4 Å². The van der Waals surface area contributed by atoms with E-state index in [0.29, 0.717) is 5.69 Å². The molecule has 0 saturated heterocycles. The summed E-state index contributed by atoms with van der Waals surface area (Å²) in [5.41, 5.74) is 0.780. The second kappa shape index (κ2) is 17.8. The molecule has 0 fully saturated rings. The summed E-state index contributed by atoms with van der Waals surface area (Å²) in [5.74, 6) is -6.87. The van der Waals surface area contributed by atoms with E-state index in [4.69, 9.17) is 18.9 Å². The number of fused-ring (bicyclic) bond motifs is 14. The van der Waals surface area contributed by atoms with Crippen LogP contribution in [0.5, 0.6) is 17.2 Å². The van der Waals surface area contributed by atoms with Crippen LogP contribution in [0, 0.1) is 30.6 Å². The zero-order valence-electron chi connectivity index (χ0n) is 33.7. The number of esters is 1. The number of nitrogens with zero attached hydrogens (tertiary/aromatic N) is 1. The molecular weight excluding hydrogens is 720 g/mol. The maximum atomic E-state index is 14.5. The van der Waals surface area contributed by atoms with Gasteiger partial charge in [-0.25, -0.2) is 0 Å². The van der Waals surface area contributed by atoms with Gasteiger partial charge in [-0.2, -0.15) is 0 Å². The van der Waals surface area contributed by atoms with Crippen LogP contribution >= 0.6 is 0 Å². The van der Waals surface area contributed by atoms with E-state index in [0.717, 1.165) is 0 Å². The van der Waals surface area contributed by atoms with Crippen molar-refractivity contribution in [1.82, 2.24) is 0 Å². The van der Waals surface area contributed by atoms with E-state index >= 15 is 0 Å². The number of carbonyl (C=O) groups excluding carboxylic acids is 3. The Bertz CT molecular complexity index is 1940. The van der Waals surface area contributed by atoms with Gasteiger partial charge in [-0.1, -0.05) is 58.1 Å². The van der Waals surface area contributed by atoms with Gasteiger partial charge in [0.25, 0.3) is 11.7 Å². The highest BCUT2D eigenvalue weighted by atomic mass is 16.7. The molecule has 5 N–H and O–H groups in total. The van der Waals surface area contributed by atoms with Crippen LogP contribution in [0.15, 0.2) is 67.5 Å². The van der Waals surface area contributed by atoms with E-state index < -0.39 is 77.3 Å². The van der Waals surface area contributed by atoms with E-state index in [1.54, 1.807) is 69.9 Å². The molecule has 56 heavy (non-hydrogen) atoms. The first-order valence-corrected chi connectivity index (χ1v) is 18.7. The summed E-state index contributed by atoms with van der Waals surface area (Å²) >= 11 is 0. The molecule has 2 aromatic carbocycles. The predicted molar refractivity (Wildman–Crippen MR) is 215 cm³/mol. The Kier molecular flexibility index (Phi) is 13.8. The molecule has 3 aliphatic heterocycles. The maximum Gasteiger partial charge on any atom is 0.312 e. The van der Waals surface area contributed by atoms with E-state index in [1.165, 1.54) is 46.3 Å². The number of ketones is 1. The monoisotopic (exact) mass is 776 g/mol. The first-order valence-electron chi connectivity index (χ1n) is 18.7. The van der Waals surface area contributed by atoms with Crippen molar-refractivity contribution < 1.29 is 53.8 Å². The second-order valence-electron chi connectivity index (χ2n) is 14.9. The molecule has 9 atom stereocenters. The Morgan fingerprint density at radius 2 is 1.62 bits per heavy atom. The fourth-order valence-electron chi connectivity index (χ4n) is 7.48. The first kappa shape index (κ1) is 43.6. The van der Waals surface area contributed by atoms with Crippen LogP contribution in [0.25, 0.3) is 10.8 Å². The molecule has 0 unspecified atom stereocenters. The van der Waals surface area contributed by atoms with Crippen molar-refractivity contribution in [3.63, 3.8) is 0 Å². The lowest BCUT2D eigenvalue weighted by molar-refractivity contribution is -0.160. The minimum Gasteiger partial charge on any atom is -0.507 e. The minimum atomic E-state index is -1.95. The molecule has 5 rings (SSSR count). The average Bonchev–Trinajstić information content (AvgIpc) is 3.42. The summed E-state index contributed by atoms with van der Waals surface area (Å²) in [6, 6.07) is 1.51. The number of ether oxygens (including phenoxy) is 4. The van der Waals surface area contributed by atoms with Gasteiger partial charge in [0.05, 0.1) is 41.2 Å². The molecule has 0 aliphatic carbocycles. The number of benzene rings is 2. The highest BCUT2D eigenvalue weighted by Crippen LogP contribution is 2.54. The number of anilines is 2. The lowest BCUT2D eigenvalue weighted by Crippen LogP contribution is -2.46. The molecule has 13 nitrogen and oxygen atoms in total. The molecule has 3 aliphatic rings. The smallest absolute Gasteiger partial charge is 0.312 e. The van der Waals surface area contributed by atoms with E-state index in [1.807, 2.05) is 0 Å². The summed E-state index contributed by atoms with van der Waals surface area (Å²) in [6.07, 6.45) is 7.17. The summed E-state index contributed by atoms with van der Waals surface area (Å²) in [5, 5.41) is 49.0. The summed E-state index contributed by atoms with van der Waals surface area (Å²) in [4.78, 5) is 42.2. The SMILES string of the molecule is C=CCN(CC=C)c1cc2c(O)c3c(O)c(C)c4c(c13)C(=O)[C@@](C)(O/C=C/[C@H](OC)[C@H](C)[C@@H](OC(C)=O)[C@@H](C)[C@H](O)[C@H](C)[C@@H](O)[C@@H](C)/C=C/C=C(/C)C(=O)N2)O4. The zero-order chi connectivity index (χ0) is 41.8. The fraction of sp³-hybridized carbons (Fsp3) is 0.465. The number of methoxy groups -OCH3 is 1. The minimum absolute atomic E-state index is 0.0303. The number of hydrogen-bond donors (Lipinski definition) is 5. The number of phenolic OH excluding ortho intramolecular Hbond substituents is 2. The van der Waals surface area contributed by atoms with Crippen LogP contribution in [0.3, 0.4) is 0 Å². The van der Waals surface area contributed by atoms with Crippen molar-refractivity contribution in [2.45, 2.75) is 85.6 Å². The van der Waals surface area contributed by atoms with Gasteiger partial charge in [0.15, 0.2) is 5.75 Å². The first-order chi connectivity index (χ1) is 26.3. The van der Waals surface area contributed by atoms with Crippen molar-refractivity contribution in [3.05, 3.63) is 78.6 Å². The Labute approximate surface area is 328 Å². The molecular formula is C43H56N2O11. The van der Waals surface area contributed by atoms with E-state index in [9.17, 15) is 34.8 Å². The number of aliphatic hydroxyl groups is 2. The number of rotatable bonds is 7. The standard InChI is InChI=1S/C43H56N2O11/c1-12-18-45(19-13-2)30-21-29-38(50)33-32(30)34-40(27(8)37(33)49)56-43(10,41(34)51)54-20-17-31(53-11)24(5)39(55-28(9)46)26(7)36(48)25(6)35(47)22(3)15-14-16-23(4)42(52)44-29/h12-17,20-22,24-26,31,35-36,39,47-50H,1-2,18-19H2,3-11H3,(H,44,52)/b15-14+,20-17+,23-16-/t22-,24-,25+,26-,31-,35-,36+,39+,43-/m0/s1.